The van der Waals surface area contributed by atoms with Gasteiger partial charge in [-0.3, -0.25) is 0 Å². The Bertz CT molecular complexity index is 389. The van der Waals surface area contributed by atoms with Crippen molar-refractivity contribution in [1.82, 2.24) is 20.2 Å². The molecule has 0 saturated carbocycles. The third kappa shape index (κ3) is 4.00. The maximum atomic E-state index is 5.89. The van der Waals surface area contributed by atoms with E-state index in [1.807, 2.05) is 20.8 Å². The van der Waals surface area contributed by atoms with Gasteiger partial charge in [0.2, 0.25) is 3.79 Å². The molecule has 98 valence electrons. The molecule has 0 amide bonds. The van der Waals surface area contributed by atoms with Crippen LogP contribution in [0.1, 0.15) is 26.6 Å². The van der Waals surface area contributed by atoms with Gasteiger partial charge in [0, 0.05) is 6.42 Å². The Hall–Kier alpha value is 0.520. The number of halogens is 5. The first kappa shape index (κ1) is 15.6. The molecule has 4 nitrogen and oxygen atoms in total. The predicted molar refractivity (Wildman–Crippen MR) is 70.9 cm³/mol. The first-order valence-corrected chi connectivity index (χ1v) is 6.56. The lowest BCUT2D eigenvalue weighted by atomic mass is 9.92. The maximum Gasteiger partial charge on any atom is 0.276 e. The highest BCUT2D eigenvalue weighted by Crippen LogP contribution is 2.48. The second-order valence-corrected chi connectivity index (χ2v) is 8.34. The Morgan fingerprint density at radius 1 is 1.06 bits per heavy atom. The number of aromatic nitrogens is 4. The van der Waals surface area contributed by atoms with Crippen LogP contribution in [0.4, 0.5) is 0 Å². The summed E-state index contributed by atoms with van der Waals surface area (Å²) in [6, 6.07) is 0. The zero-order chi connectivity index (χ0) is 13.5. The van der Waals surface area contributed by atoms with Gasteiger partial charge in [0.05, 0.1) is 0 Å². The second-order valence-electron chi connectivity index (χ2n) is 4.77. The van der Waals surface area contributed by atoms with E-state index in [9.17, 15) is 0 Å². The molecule has 1 rings (SSSR count). The van der Waals surface area contributed by atoms with Crippen LogP contribution in [0.15, 0.2) is 0 Å². The highest BCUT2D eigenvalue weighted by atomic mass is 35.6. The zero-order valence-corrected chi connectivity index (χ0v) is 13.2. The van der Waals surface area contributed by atoms with E-state index in [-0.39, 0.29) is 5.41 Å². The zero-order valence-electron chi connectivity index (χ0n) is 9.39. The first-order chi connectivity index (χ1) is 7.43. The summed E-state index contributed by atoms with van der Waals surface area (Å²) in [6.07, 6.45) is 0.608. The van der Waals surface area contributed by atoms with Crippen LogP contribution in [-0.4, -0.2) is 24.0 Å². The molecule has 1 heterocycles. The average Bonchev–Trinajstić information content (AvgIpc) is 2.47. The Labute approximate surface area is 124 Å². The number of tetrazole rings is 1. The Morgan fingerprint density at radius 3 is 2.00 bits per heavy atom. The van der Waals surface area contributed by atoms with E-state index in [0.29, 0.717) is 12.2 Å². The van der Waals surface area contributed by atoms with Crippen LogP contribution in [0.5, 0.6) is 0 Å². The third-order valence-corrected chi connectivity index (χ3v) is 4.01. The topological polar surface area (TPSA) is 43.6 Å². The molecule has 0 aromatic carbocycles. The van der Waals surface area contributed by atoms with Gasteiger partial charge in [-0.1, -0.05) is 78.8 Å². The highest BCUT2D eigenvalue weighted by molar-refractivity contribution is 6.74. The van der Waals surface area contributed by atoms with Crippen molar-refractivity contribution in [2.24, 2.45) is 5.41 Å². The molecule has 17 heavy (non-hydrogen) atoms. The van der Waals surface area contributed by atoms with E-state index >= 15 is 0 Å². The minimum absolute atomic E-state index is 0.00906. The lowest BCUT2D eigenvalue weighted by Crippen LogP contribution is -2.37. The van der Waals surface area contributed by atoms with Gasteiger partial charge in [0.25, 0.3) is 4.46 Å². The summed E-state index contributed by atoms with van der Waals surface area (Å²) in [6.45, 7) is 6.12. The van der Waals surface area contributed by atoms with Crippen molar-refractivity contribution in [3.05, 3.63) is 5.82 Å². The highest BCUT2D eigenvalue weighted by Gasteiger charge is 2.50. The van der Waals surface area contributed by atoms with Crippen molar-refractivity contribution < 1.29 is 0 Å². The van der Waals surface area contributed by atoms with Gasteiger partial charge in [-0.05, 0) is 10.6 Å². The number of hydrogen-bond acceptors (Lipinski definition) is 3. The van der Waals surface area contributed by atoms with Gasteiger partial charge < -0.3 is 0 Å². The summed E-state index contributed by atoms with van der Waals surface area (Å²) in [4.78, 5) is 0.893. The number of alkyl halides is 5. The molecule has 1 aromatic rings. The SMILES string of the molecule is CC(C)(C)Cc1nnn(C(Cl)(Cl)C(Cl)(Cl)Cl)n1. The van der Waals surface area contributed by atoms with E-state index in [1.165, 1.54) is 0 Å². The molecular weight excluding hydrogens is 329 g/mol. The fourth-order valence-corrected chi connectivity index (χ4v) is 1.39. The van der Waals surface area contributed by atoms with E-state index in [4.69, 9.17) is 58.0 Å². The fourth-order valence-electron chi connectivity index (χ4n) is 1.02. The van der Waals surface area contributed by atoms with Crippen LogP contribution in [0.2, 0.25) is 0 Å². The summed E-state index contributed by atoms with van der Waals surface area (Å²) in [5, 5.41) is 11.5. The largest absolute Gasteiger partial charge is 0.276 e. The maximum absolute atomic E-state index is 5.89. The molecule has 0 fully saturated rings. The smallest absolute Gasteiger partial charge is 0.133 e. The van der Waals surface area contributed by atoms with Crippen LogP contribution in [0.25, 0.3) is 0 Å². The summed E-state index contributed by atoms with van der Waals surface area (Å²) in [7, 11) is 0. The third-order valence-electron chi connectivity index (χ3n) is 1.74. The van der Waals surface area contributed by atoms with Crippen LogP contribution < -0.4 is 0 Å². The standard InChI is InChI=1S/C8H11Cl5N4/c1-6(2,3)4-5-14-16-17(15-5)8(12,13)7(9,10)11/h4H2,1-3H3. The molecular formula is C8H11Cl5N4. The molecule has 0 aliphatic rings. The lowest BCUT2D eigenvalue weighted by molar-refractivity contribution is 0.396. The van der Waals surface area contributed by atoms with E-state index in [2.05, 4.69) is 15.4 Å². The van der Waals surface area contributed by atoms with Crippen molar-refractivity contribution in [3.63, 3.8) is 0 Å². The van der Waals surface area contributed by atoms with E-state index in [0.717, 1.165) is 4.80 Å². The Kier molecular flexibility index (Phi) is 4.48. The van der Waals surface area contributed by atoms with E-state index < -0.39 is 8.25 Å². The Morgan fingerprint density at radius 2 is 1.59 bits per heavy atom. The number of rotatable bonds is 2. The van der Waals surface area contributed by atoms with Gasteiger partial charge in [-0.2, -0.15) is 0 Å². The fraction of sp³-hybridized carbons (Fsp3) is 0.875. The van der Waals surface area contributed by atoms with Crippen LogP contribution in [0.3, 0.4) is 0 Å². The van der Waals surface area contributed by atoms with Crippen LogP contribution in [-0.2, 0) is 10.9 Å². The van der Waals surface area contributed by atoms with Gasteiger partial charge >= 0.3 is 0 Å². The molecule has 0 bridgehead atoms. The van der Waals surface area contributed by atoms with Crippen molar-refractivity contribution in [1.29, 1.82) is 0 Å². The number of nitrogens with zero attached hydrogens (tertiary/aromatic N) is 4. The monoisotopic (exact) mass is 338 g/mol. The van der Waals surface area contributed by atoms with Crippen molar-refractivity contribution in [2.75, 3.05) is 0 Å². The number of hydrogen-bond donors (Lipinski definition) is 0. The predicted octanol–water partition coefficient (Wildman–Crippen LogP) is 3.72. The van der Waals surface area contributed by atoms with Gasteiger partial charge in [-0.25, -0.2) is 0 Å². The van der Waals surface area contributed by atoms with Gasteiger partial charge in [0.1, 0.15) is 0 Å². The average molecular weight is 340 g/mol. The first-order valence-electron chi connectivity index (χ1n) is 4.67. The molecule has 0 unspecified atom stereocenters. The lowest BCUT2D eigenvalue weighted by Gasteiger charge is -2.25. The quantitative estimate of drug-likeness (QED) is 0.771. The van der Waals surface area contributed by atoms with Crippen molar-refractivity contribution in [2.45, 2.75) is 35.4 Å². The summed E-state index contributed by atoms with van der Waals surface area (Å²) in [5.74, 6) is 0.484. The summed E-state index contributed by atoms with van der Waals surface area (Å²) in [5.41, 5.74) is 0.00906. The summed E-state index contributed by atoms with van der Waals surface area (Å²) >= 11 is 28.7. The van der Waals surface area contributed by atoms with Crippen LogP contribution in [0, 0.1) is 5.41 Å². The van der Waals surface area contributed by atoms with Crippen molar-refractivity contribution >= 4 is 58.0 Å². The molecule has 0 N–H and O–H groups in total. The normalized spacial score (nSPS) is 14.1. The Balaban J connectivity index is 2.96. The molecule has 1 aromatic heterocycles. The molecule has 0 spiro atoms. The summed E-state index contributed by atoms with van der Waals surface area (Å²) < 4.78 is -3.86. The second kappa shape index (κ2) is 4.89. The van der Waals surface area contributed by atoms with Gasteiger partial charge in [0.15, 0.2) is 5.82 Å². The molecule has 0 saturated heterocycles. The molecule has 0 aliphatic heterocycles. The molecule has 9 heteroatoms. The van der Waals surface area contributed by atoms with Gasteiger partial charge in [-0.15, -0.1) is 15.0 Å². The minimum Gasteiger partial charge on any atom is -0.133 e. The molecule has 0 atom stereocenters. The van der Waals surface area contributed by atoms with Crippen LogP contribution >= 0.6 is 58.0 Å². The minimum atomic E-state index is -1.96. The molecule has 0 aliphatic carbocycles. The van der Waals surface area contributed by atoms with E-state index in [1.54, 1.807) is 0 Å². The molecule has 0 radical (unpaired) electrons. The van der Waals surface area contributed by atoms with Crippen molar-refractivity contribution in [3.8, 4) is 0 Å².